The lowest BCUT2D eigenvalue weighted by Gasteiger charge is -2.17. The van der Waals surface area contributed by atoms with Crippen LogP contribution in [0.25, 0.3) is 0 Å². The molecule has 0 bridgehead atoms. The summed E-state index contributed by atoms with van der Waals surface area (Å²) in [7, 11) is 1.62. The molecule has 6 nitrogen and oxygen atoms in total. The van der Waals surface area contributed by atoms with Gasteiger partial charge in [0, 0.05) is 44.4 Å². The van der Waals surface area contributed by atoms with Crippen LogP contribution in [-0.2, 0) is 22.6 Å². The van der Waals surface area contributed by atoms with Crippen molar-refractivity contribution in [2.45, 2.75) is 19.4 Å². The van der Waals surface area contributed by atoms with E-state index in [1.165, 1.54) is 0 Å². The summed E-state index contributed by atoms with van der Waals surface area (Å²) in [5, 5.41) is 2.92. The van der Waals surface area contributed by atoms with Crippen LogP contribution in [0.15, 0.2) is 48.7 Å². The lowest BCUT2D eigenvalue weighted by atomic mass is 10.1. The van der Waals surface area contributed by atoms with Crippen molar-refractivity contribution in [2.75, 3.05) is 20.2 Å². The molecule has 1 aliphatic heterocycles. The molecule has 1 N–H and O–H groups in total. The number of nitrogens with one attached hydrogen (secondary N) is 1. The van der Waals surface area contributed by atoms with E-state index in [0.717, 1.165) is 17.0 Å². The largest absolute Gasteiger partial charge is 0.497 e. The molecule has 0 radical (unpaired) electrons. The Bertz CT molecular complexity index is 747. The quantitative estimate of drug-likeness (QED) is 0.824. The number of hydrogen-bond donors (Lipinski definition) is 1. The summed E-state index contributed by atoms with van der Waals surface area (Å²) in [6.07, 6.45) is 2.69. The van der Waals surface area contributed by atoms with Crippen LogP contribution in [0, 0.1) is 5.92 Å². The van der Waals surface area contributed by atoms with Gasteiger partial charge in [0.05, 0.1) is 13.0 Å². The number of hydrogen-bond acceptors (Lipinski definition) is 4. The number of carbonyl (C=O) groups excluding carboxylic acids is 2. The van der Waals surface area contributed by atoms with Crippen molar-refractivity contribution in [3.05, 3.63) is 59.9 Å². The monoisotopic (exact) mass is 353 g/mol. The molecule has 3 rings (SSSR count). The second kappa shape index (κ2) is 8.47. The fraction of sp³-hybridized carbons (Fsp3) is 0.350. The Hall–Kier alpha value is -2.89. The molecular weight excluding hydrogens is 330 g/mol. The van der Waals surface area contributed by atoms with Crippen molar-refractivity contribution in [2.24, 2.45) is 5.92 Å². The van der Waals surface area contributed by atoms with Crippen molar-refractivity contribution >= 4 is 11.8 Å². The molecule has 0 unspecified atom stereocenters. The predicted molar refractivity (Wildman–Crippen MR) is 97.5 cm³/mol. The average Bonchev–Trinajstić information content (AvgIpc) is 3.04. The molecule has 136 valence electrons. The van der Waals surface area contributed by atoms with Crippen molar-refractivity contribution < 1.29 is 14.3 Å². The van der Waals surface area contributed by atoms with E-state index in [1.54, 1.807) is 18.2 Å². The first-order valence-electron chi connectivity index (χ1n) is 8.74. The van der Waals surface area contributed by atoms with Crippen molar-refractivity contribution in [3.8, 4) is 5.75 Å². The topological polar surface area (TPSA) is 71.5 Å². The van der Waals surface area contributed by atoms with Gasteiger partial charge in [-0.2, -0.15) is 0 Å². The highest BCUT2D eigenvalue weighted by Crippen LogP contribution is 2.21. The highest BCUT2D eigenvalue weighted by molar-refractivity contribution is 5.89. The van der Waals surface area contributed by atoms with Crippen LogP contribution in [0.5, 0.6) is 5.75 Å². The Balaban J connectivity index is 1.47. The molecule has 6 heteroatoms. The first-order valence-corrected chi connectivity index (χ1v) is 8.74. The highest BCUT2D eigenvalue weighted by atomic mass is 16.5. The molecule has 1 aliphatic rings. The Morgan fingerprint density at radius 1 is 1.27 bits per heavy atom. The fourth-order valence-electron chi connectivity index (χ4n) is 3.06. The van der Waals surface area contributed by atoms with Crippen LogP contribution >= 0.6 is 0 Å². The number of rotatable bonds is 7. The number of pyridine rings is 1. The first-order chi connectivity index (χ1) is 12.7. The van der Waals surface area contributed by atoms with Gasteiger partial charge in [0.25, 0.3) is 0 Å². The molecule has 2 aromatic rings. The van der Waals surface area contributed by atoms with Gasteiger partial charge in [-0.25, -0.2) is 0 Å². The molecular formula is C20H23N3O3. The van der Waals surface area contributed by atoms with Gasteiger partial charge in [0.2, 0.25) is 11.8 Å². The zero-order valence-electron chi connectivity index (χ0n) is 14.9. The van der Waals surface area contributed by atoms with Gasteiger partial charge in [-0.05, 0) is 29.8 Å². The number of nitrogens with zero attached hydrogens (tertiary/aromatic N) is 2. The van der Waals surface area contributed by atoms with Crippen LogP contribution < -0.4 is 10.1 Å². The van der Waals surface area contributed by atoms with Crippen LogP contribution in [0.4, 0.5) is 0 Å². The minimum atomic E-state index is -0.288. The normalized spacial score (nSPS) is 16.6. The maximum Gasteiger partial charge on any atom is 0.225 e. The highest BCUT2D eigenvalue weighted by Gasteiger charge is 2.34. The number of amides is 2. The van der Waals surface area contributed by atoms with E-state index in [4.69, 9.17) is 4.74 Å². The Labute approximate surface area is 153 Å². The minimum absolute atomic E-state index is 0.0192. The van der Waals surface area contributed by atoms with Crippen LogP contribution in [0.2, 0.25) is 0 Å². The van der Waals surface area contributed by atoms with E-state index in [2.05, 4.69) is 10.3 Å². The number of aromatic nitrogens is 1. The standard InChI is InChI=1S/C20H23N3O3/c1-26-18-7-5-15(6-8-18)13-23-14-16(12-19(23)24)20(25)22-11-9-17-4-2-3-10-21-17/h2-8,10,16H,9,11-14H2,1H3,(H,22,25)/t16-/m1/s1. The molecule has 2 heterocycles. The lowest BCUT2D eigenvalue weighted by Crippen LogP contribution is -2.34. The van der Waals surface area contributed by atoms with Gasteiger partial charge < -0.3 is 15.0 Å². The van der Waals surface area contributed by atoms with Gasteiger partial charge in [-0.3, -0.25) is 14.6 Å². The van der Waals surface area contributed by atoms with Crippen LogP contribution in [-0.4, -0.2) is 41.9 Å². The third-order valence-corrected chi connectivity index (χ3v) is 4.52. The molecule has 1 atom stereocenters. The maximum absolute atomic E-state index is 12.3. The zero-order valence-corrected chi connectivity index (χ0v) is 14.9. The van der Waals surface area contributed by atoms with E-state index in [0.29, 0.717) is 26.1 Å². The molecule has 1 fully saturated rings. The molecule has 2 amide bonds. The Morgan fingerprint density at radius 3 is 2.77 bits per heavy atom. The molecule has 0 aliphatic carbocycles. The van der Waals surface area contributed by atoms with E-state index >= 15 is 0 Å². The SMILES string of the molecule is COc1ccc(CN2C[C@H](C(=O)NCCc3ccccn3)CC2=O)cc1. The minimum Gasteiger partial charge on any atom is -0.497 e. The van der Waals surface area contributed by atoms with E-state index in [-0.39, 0.29) is 24.2 Å². The van der Waals surface area contributed by atoms with Gasteiger partial charge in [0.15, 0.2) is 0 Å². The molecule has 0 saturated carbocycles. The molecule has 1 saturated heterocycles. The van der Waals surface area contributed by atoms with Crippen LogP contribution in [0.1, 0.15) is 17.7 Å². The second-order valence-corrected chi connectivity index (χ2v) is 6.39. The Kier molecular flexibility index (Phi) is 5.84. The average molecular weight is 353 g/mol. The molecule has 0 spiro atoms. The van der Waals surface area contributed by atoms with E-state index in [1.807, 2.05) is 42.5 Å². The van der Waals surface area contributed by atoms with E-state index < -0.39 is 0 Å². The first kappa shape index (κ1) is 17.9. The van der Waals surface area contributed by atoms with Gasteiger partial charge in [-0.1, -0.05) is 18.2 Å². The third-order valence-electron chi connectivity index (χ3n) is 4.52. The summed E-state index contributed by atoms with van der Waals surface area (Å²) < 4.78 is 5.14. The summed E-state index contributed by atoms with van der Waals surface area (Å²) in [6, 6.07) is 13.3. The Morgan fingerprint density at radius 2 is 2.08 bits per heavy atom. The van der Waals surface area contributed by atoms with Crippen molar-refractivity contribution in [1.82, 2.24) is 15.2 Å². The number of ether oxygens (including phenoxy) is 1. The summed E-state index contributed by atoms with van der Waals surface area (Å²) in [5.41, 5.74) is 1.96. The van der Waals surface area contributed by atoms with Crippen molar-refractivity contribution in [1.29, 1.82) is 0 Å². The van der Waals surface area contributed by atoms with E-state index in [9.17, 15) is 9.59 Å². The smallest absolute Gasteiger partial charge is 0.225 e. The number of benzene rings is 1. The van der Waals surface area contributed by atoms with Gasteiger partial charge >= 0.3 is 0 Å². The van der Waals surface area contributed by atoms with Crippen LogP contribution in [0.3, 0.4) is 0 Å². The number of methoxy groups -OCH3 is 1. The number of carbonyl (C=O) groups is 2. The number of likely N-dealkylation sites (tertiary alicyclic amines) is 1. The third kappa shape index (κ3) is 4.59. The van der Waals surface area contributed by atoms with Crippen molar-refractivity contribution in [3.63, 3.8) is 0 Å². The van der Waals surface area contributed by atoms with Gasteiger partial charge in [-0.15, -0.1) is 0 Å². The predicted octanol–water partition coefficient (Wildman–Crippen LogP) is 1.80. The molecule has 26 heavy (non-hydrogen) atoms. The summed E-state index contributed by atoms with van der Waals surface area (Å²) in [4.78, 5) is 30.5. The maximum atomic E-state index is 12.3. The lowest BCUT2D eigenvalue weighted by molar-refractivity contribution is -0.129. The summed E-state index contributed by atoms with van der Waals surface area (Å²) >= 11 is 0. The summed E-state index contributed by atoms with van der Waals surface area (Å²) in [5.74, 6) is 0.452. The molecule has 1 aromatic heterocycles. The summed E-state index contributed by atoms with van der Waals surface area (Å²) in [6.45, 7) is 1.50. The second-order valence-electron chi connectivity index (χ2n) is 6.39. The zero-order chi connectivity index (χ0) is 18.4. The van der Waals surface area contributed by atoms with Gasteiger partial charge in [0.1, 0.15) is 5.75 Å². The molecule has 1 aromatic carbocycles. The fourth-order valence-corrected chi connectivity index (χ4v) is 3.06.